The quantitative estimate of drug-likeness (QED) is 0.697. The van der Waals surface area contributed by atoms with Gasteiger partial charge in [-0.15, -0.1) is 0 Å². The van der Waals surface area contributed by atoms with Crippen molar-refractivity contribution < 1.29 is 9.53 Å². The number of methoxy groups -OCH3 is 1. The van der Waals surface area contributed by atoms with Crippen molar-refractivity contribution in [1.82, 2.24) is 10.3 Å². The SMILES string of the molecule is COCCNc1nc(N)c(C(=O)NC2CCCCC2)s1. The summed E-state index contributed by atoms with van der Waals surface area (Å²) in [7, 11) is 1.64. The molecular formula is C13H22N4O2S. The van der Waals surface area contributed by atoms with Gasteiger partial charge in [0.05, 0.1) is 6.61 Å². The highest BCUT2D eigenvalue weighted by Gasteiger charge is 2.20. The van der Waals surface area contributed by atoms with Crippen molar-refractivity contribution in [1.29, 1.82) is 0 Å². The van der Waals surface area contributed by atoms with E-state index >= 15 is 0 Å². The van der Waals surface area contributed by atoms with Gasteiger partial charge in [0.25, 0.3) is 5.91 Å². The van der Waals surface area contributed by atoms with E-state index in [4.69, 9.17) is 10.5 Å². The average Bonchev–Trinajstić information content (AvgIpc) is 2.81. The van der Waals surface area contributed by atoms with Crippen molar-refractivity contribution in [3.05, 3.63) is 4.88 Å². The Kier molecular flexibility index (Phi) is 5.60. The smallest absolute Gasteiger partial charge is 0.265 e. The summed E-state index contributed by atoms with van der Waals surface area (Å²) >= 11 is 1.29. The number of anilines is 2. The number of rotatable bonds is 6. The van der Waals surface area contributed by atoms with Gasteiger partial charge in [-0.1, -0.05) is 30.6 Å². The van der Waals surface area contributed by atoms with E-state index in [1.165, 1.54) is 30.6 Å². The molecule has 1 aliphatic rings. The van der Waals surface area contributed by atoms with E-state index in [0.29, 0.717) is 29.0 Å². The zero-order chi connectivity index (χ0) is 14.4. The van der Waals surface area contributed by atoms with Gasteiger partial charge in [0.1, 0.15) is 10.7 Å². The lowest BCUT2D eigenvalue weighted by molar-refractivity contribution is 0.0932. The monoisotopic (exact) mass is 298 g/mol. The number of nitrogens with two attached hydrogens (primary N) is 1. The Balaban J connectivity index is 1.91. The molecule has 1 aliphatic carbocycles. The molecule has 0 atom stereocenters. The Labute approximate surface area is 123 Å². The summed E-state index contributed by atoms with van der Waals surface area (Å²) in [5.41, 5.74) is 5.82. The molecule has 0 aliphatic heterocycles. The predicted octanol–water partition coefficient (Wildman–Crippen LogP) is 1.85. The first-order chi connectivity index (χ1) is 9.70. The van der Waals surface area contributed by atoms with Crippen LogP contribution in [0.4, 0.5) is 10.9 Å². The third kappa shape index (κ3) is 4.08. The number of nitrogens with zero attached hydrogens (tertiary/aromatic N) is 1. The third-order valence-corrected chi connectivity index (χ3v) is 4.41. The fourth-order valence-corrected chi connectivity index (χ4v) is 3.14. The van der Waals surface area contributed by atoms with Crippen LogP contribution in [0.5, 0.6) is 0 Å². The molecule has 0 bridgehead atoms. The Morgan fingerprint density at radius 2 is 2.20 bits per heavy atom. The molecule has 6 nitrogen and oxygen atoms in total. The molecule has 1 amide bonds. The van der Waals surface area contributed by atoms with Crippen molar-refractivity contribution in [2.24, 2.45) is 0 Å². The van der Waals surface area contributed by atoms with Crippen LogP contribution in [-0.2, 0) is 4.74 Å². The number of thiazole rings is 1. The van der Waals surface area contributed by atoms with Gasteiger partial charge in [0.2, 0.25) is 0 Å². The second-order valence-electron chi connectivity index (χ2n) is 4.96. The number of amides is 1. The van der Waals surface area contributed by atoms with Crippen molar-refractivity contribution in [3.63, 3.8) is 0 Å². The molecule has 20 heavy (non-hydrogen) atoms. The van der Waals surface area contributed by atoms with Gasteiger partial charge in [-0.05, 0) is 12.8 Å². The molecule has 2 rings (SSSR count). The van der Waals surface area contributed by atoms with Gasteiger partial charge in [0, 0.05) is 19.7 Å². The molecule has 0 spiro atoms. The van der Waals surface area contributed by atoms with Crippen molar-refractivity contribution in [2.45, 2.75) is 38.1 Å². The minimum absolute atomic E-state index is 0.105. The van der Waals surface area contributed by atoms with Gasteiger partial charge in [-0.25, -0.2) is 4.98 Å². The second kappa shape index (κ2) is 7.44. The summed E-state index contributed by atoms with van der Waals surface area (Å²) in [6.45, 7) is 1.23. The van der Waals surface area contributed by atoms with Crippen molar-refractivity contribution in [2.75, 3.05) is 31.3 Å². The number of hydrogen-bond acceptors (Lipinski definition) is 6. The first-order valence-electron chi connectivity index (χ1n) is 7.00. The Hall–Kier alpha value is -1.34. The third-order valence-electron chi connectivity index (χ3n) is 3.38. The average molecular weight is 298 g/mol. The standard InChI is InChI=1S/C13H22N4O2S/c1-19-8-7-15-13-17-11(14)10(20-13)12(18)16-9-5-3-2-4-6-9/h9H,2-8,14H2,1H3,(H,15,17)(H,16,18). The summed E-state index contributed by atoms with van der Waals surface area (Å²) in [5.74, 6) is 0.190. The highest BCUT2D eigenvalue weighted by Crippen LogP contribution is 2.25. The van der Waals surface area contributed by atoms with Crippen LogP contribution in [0, 0.1) is 0 Å². The summed E-state index contributed by atoms with van der Waals surface area (Å²) in [4.78, 5) is 16.9. The number of carbonyl (C=O) groups excluding carboxylic acids is 1. The molecule has 1 fully saturated rings. The number of nitrogens with one attached hydrogen (secondary N) is 2. The molecule has 1 aromatic heterocycles. The van der Waals surface area contributed by atoms with Crippen LogP contribution in [0.1, 0.15) is 41.8 Å². The lowest BCUT2D eigenvalue weighted by Gasteiger charge is -2.22. The van der Waals surface area contributed by atoms with Crippen molar-refractivity contribution >= 4 is 28.2 Å². The lowest BCUT2D eigenvalue weighted by Crippen LogP contribution is -2.36. The Morgan fingerprint density at radius 1 is 1.45 bits per heavy atom. The van der Waals surface area contributed by atoms with Gasteiger partial charge in [0.15, 0.2) is 5.13 Å². The fraction of sp³-hybridized carbons (Fsp3) is 0.692. The topological polar surface area (TPSA) is 89.3 Å². The molecule has 7 heteroatoms. The van der Waals surface area contributed by atoms with Crippen LogP contribution < -0.4 is 16.4 Å². The van der Waals surface area contributed by atoms with Gasteiger partial charge in [-0.2, -0.15) is 0 Å². The summed E-state index contributed by atoms with van der Waals surface area (Å²) in [5, 5.41) is 6.80. The lowest BCUT2D eigenvalue weighted by atomic mass is 9.95. The molecule has 1 saturated carbocycles. The molecule has 1 aromatic rings. The van der Waals surface area contributed by atoms with E-state index in [9.17, 15) is 4.79 Å². The molecular weight excluding hydrogens is 276 g/mol. The molecule has 1 heterocycles. The minimum atomic E-state index is -0.105. The number of aromatic nitrogens is 1. The molecule has 0 aromatic carbocycles. The molecule has 112 valence electrons. The number of carbonyl (C=O) groups is 1. The largest absolute Gasteiger partial charge is 0.383 e. The fourth-order valence-electron chi connectivity index (χ4n) is 2.33. The molecule has 0 saturated heterocycles. The molecule has 0 unspecified atom stereocenters. The molecule has 0 radical (unpaired) electrons. The Bertz CT molecular complexity index is 444. The summed E-state index contributed by atoms with van der Waals surface area (Å²) < 4.78 is 4.95. The number of hydrogen-bond donors (Lipinski definition) is 3. The normalized spacial score (nSPS) is 16.1. The Morgan fingerprint density at radius 3 is 2.90 bits per heavy atom. The van der Waals surface area contributed by atoms with E-state index in [0.717, 1.165) is 12.8 Å². The zero-order valence-corrected chi connectivity index (χ0v) is 12.6. The van der Waals surface area contributed by atoms with Crippen LogP contribution in [-0.4, -0.2) is 37.2 Å². The predicted molar refractivity (Wildman–Crippen MR) is 81.2 cm³/mol. The van der Waals surface area contributed by atoms with E-state index in [1.54, 1.807) is 7.11 Å². The van der Waals surface area contributed by atoms with Crippen molar-refractivity contribution in [3.8, 4) is 0 Å². The van der Waals surface area contributed by atoms with Crippen LogP contribution >= 0.6 is 11.3 Å². The van der Waals surface area contributed by atoms with E-state index in [1.807, 2.05) is 0 Å². The summed E-state index contributed by atoms with van der Waals surface area (Å²) in [6, 6.07) is 0.280. The van der Waals surface area contributed by atoms with Crippen LogP contribution in [0.3, 0.4) is 0 Å². The van der Waals surface area contributed by atoms with Gasteiger partial charge < -0.3 is 21.1 Å². The van der Waals surface area contributed by atoms with E-state index < -0.39 is 0 Å². The van der Waals surface area contributed by atoms with E-state index in [-0.39, 0.29) is 11.9 Å². The summed E-state index contributed by atoms with van der Waals surface area (Å²) in [6.07, 6.45) is 5.76. The first-order valence-corrected chi connectivity index (χ1v) is 7.82. The van der Waals surface area contributed by atoms with Crippen LogP contribution in [0.15, 0.2) is 0 Å². The second-order valence-corrected chi connectivity index (χ2v) is 5.96. The van der Waals surface area contributed by atoms with E-state index in [2.05, 4.69) is 15.6 Å². The maximum atomic E-state index is 12.2. The first kappa shape index (κ1) is 15.1. The highest BCUT2D eigenvalue weighted by atomic mass is 32.1. The van der Waals surface area contributed by atoms with Gasteiger partial charge in [-0.3, -0.25) is 4.79 Å². The van der Waals surface area contributed by atoms with Crippen LogP contribution in [0.25, 0.3) is 0 Å². The maximum absolute atomic E-state index is 12.2. The number of ether oxygens (including phenoxy) is 1. The number of nitrogen functional groups attached to an aromatic ring is 1. The van der Waals surface area contributed by atoms with Crippen LogP contribution in [0.2, 0.25) is 0 Å². The minimum Gasteiger partial charge on any atom is -0.383 e. The zero-order valence-electron chi connectivity index (χ0n) is 11.8. The molecule has 4 N–H and O–H groups in total. The highest BCUT2D eigenvalue weighted by molar-refractivity contribution is 7.18. The maximum Gasteiger partial charge on any atom is 0.265 e. The van der Waals surface area contributed by atoms with Gasteiger partial charge >= 0.3 is 0 Å².